The van der Waals surface area contributed by atoms with Crippen molar-refractivity contribution in [3.05, 3.63) is 16.5 Å². The summed E-state index contributed by atoms with van der Waals surface area (Å²) in [5.74, 6) is 0.457. The van der Waals surface area contributed by atoms with Crippen molar-refractivity contribution in [3.8, 4) is 0 Å². The summed E-state index contributed by atoms with van der Waals surface area (Å²) in [7, 11) is -3.42. The quantitative estimate of drug-likeness (QED) is 0.823. The molecule has 3 nitrogen and oxygen atoms in total. The summed E-state index contributed by atoms with van der Waals surface area (Å²) >= 11 is 10.7. The number of hydrogen-bond acceptors (Lipinski definition) is 4. The van der Waals surface area contributed by atoms with Crippen LogP contribution >= 0.6 is 35.6 Å². The lowest BCUT2D eigenvalue weighted by molar-refractivity contribution is 0.573. The van der Waals surface area contributed by atoms with Crippen molar-refractivity contribution in [3.63, 3.8) is 0 Å². The van der Waals surface area contributed by atoms with Crippen LogP contribution < -0.4 is 4.72 Å². The molecule has 0 spiro atoms. The summed E-state index contributed by atoms with van der Waals surface area (Å²) in [6, 6.07) is 2.86. The fourth-order valence-electron chi connectivity index (χ4n) is 0.802. The first kappa shape index (κ1) is 12.3. The highest BCUT2D eigenvalue weighted by Gasteiger charge is 2.18. The van der Waals surface area contributed by atoms with E-state index in [1.54, 1.807) is 13.0 Å². The highest BCUT2D eigenvalue weighted by atomic mass is 35.5. The van der Waals surface area contributed by atoms with Crippen LogP contribution in [0.15, 0.2) is 16.3 Å². The molecule has 0 aliphatic heterocycles. The lowest BCUT2D eigenvalue weighted by Crippen LogP contribution is -2.33. The molecule has 1 aromatic rings. The second kappa shape index (κ2) is 4.85. The number of thiophene rings is 1. The van der Waals surface area contributed by atoms with Gasteiger partial charge in [0.1, 0.15) is 4.21 Å². The zero-order chi connectivity index (χ0) is 10.8. The van der Waals surface area contributed by atoms with Crippen molar-refractivity contribution >= 4 is 45.6 Å². The van der Waals surface area contributed by atoms with E-state index in [2.05, 4.69) is 17.4 Å². The Kier molecular flexibility index (Phi) is 4.27. The number of sulfonamides is 1. The molecule has 1 atom stereocenters. The SMILES string of the molecule is C[C@H](CS)NS(=O)(=O)c1ccc(Cl)s1. The van der Waals surface area contributed by atoms with Crippen molar-refractivity contribution in [1.29, 1.82) is 0 Å². The second-order valence-corrected chi connectivity index (χ2v) is 6.78. The molecule has 0 fully saturated rings. The van der Waals surface area contributed by atoms with Gasteiger partial charge in [-0.05, 0) is 19.1 Å². The van der Waals surface area contributed by atoms with Gasteiger partial charge in [0.15, 0.2) is 0 Å². The average Bonchev–Trinajstić information content (AvgIpc) is 2.51. The molecular weight excluding hydrogens is 262 g/mol. The van der Waals surface area contributed by atoms with Gasteiger partial charge in [-0.15, -0.1) is 11.3 Å². The van der Waals surface area contributed by atoms with Crippen molar-refractivity contribution in [2.45, 2.75) is 17.2 Å². The topological polar surface area (TPSA) is 46.2 Å². The molecule has 0 bridgehead atoms. The minimum absolute atomic E-state index is 0.191. The summed E-state index contributed by atoms with van der Waals surface area (Å²) in [6.07, 6.45) is 0. The Hall–Kier alpha value is 0.250. The number of thiol groups is 1. The largest absolute Gasteiger partial charge is 0.250 e. The predicted molar refractivity (Wildman–Crippen MR) is 63.0 cm³/mol. The Morgan fingerprint density at radius 2 is 2.29 bits per heavy atom. The molecule has 0 aliphatic rings. The maximum absolute atomic E-state index is 11.6. The first-order valence-electron chi connectivity index (χ1n) is 3.84. The molecule has 0 saturated carbocycles. The normalized spacial score (nSPS) is 14.2. The van der Waals surface area contributed by atoms with E-state index in [4.69, 9.17) is 11.6 Å². The van der Waals surface area contributed by atoms with Gasteiger partial charge < -0.3 is 0 Å². The fourth-order valence-corrected chi connectivity index (χ4v) is 3.76. The van der Waals surface area contributed by atoms with Crippen LogP contribution in [0.3, 0.4) is 0 Å². The van der Waals surface area contributed by atoms with Gasteiger partial charge in [0.25, 0.3) is 0 Å². The maximum Gasteiger partial charge on any atom is 0.250 e. The van der Waals surface area contributed by atoms with Crippen LogP contribution in [0, 0.1) is 0 Å². The molecule has 7 heteroatoms. The molecule has 0 radical (unpaired) electrons. The predicted octanol–water partition coefficient (Wildman–Crippen LogP) is 2.00. The van der Waals surface area contributed by atoms with E-state index in [9.17, 15) is 8.42 Å². The van der Waals surface area contributed by atoms with Gasteiger partial charge in [-0.2, -0.15) is 12.6 Å². The average molecular weight is 272 g/mol. The Bertz CT molecular complexity index is 401. The van der Waals surface area contributed by atoms with Crippen LogP contribution in [0.1, 0.15) is 6.92 Å². The lowest BCUT2D eigenvalue weighted by atomic mass is 10.4. The van der Waals surface area contributed by atoms with Gasteiger partial charge in [-0.1, -0.05) is 11.6 Å². The van der Waals surface area contributed by atoms with E-state index < -0.39 is 10.0 Å². The van der Waals surface area contributed by atoms with Crippen molar-refractivity contribution in [2.24, 2.45) is 0 Å². The van der Waals surface area contributed by atoms with Crippen molar-refractivity contribution < 1.29 is 8.42 Å². The van der Waals surface area contributed by atoms with Crippen LogP contribution in [-0.2, 0) is 10.0 Å². The zero-order valence-corrected chi connectivity index (χ0v) is 10.7. The molecule has 1 aromatic heterocycles. The number of hydrogen-bond donors (Lipinski definition) is 2. The Morgan fingerprint density at radius 3 is 2.71 bits per heavy atom. The van der Waals surface area contributed by atoms with Crippen LogP contribution in [-0.4, -0.2) is 20.2 Å². The Morgan fingerprint density at radius 1 is 1.64 bits per heavy atom. The summed E-state index contributed by atoms with van der Waals surface area (Å²) < 4.78 is 26.4. The molecule has 14 heavy (non-hydrogen) atoms. The van der Waals surface area contributed by atoms with E-state index >= 15 is 0 Å². The van der Waals surface area contributed by atoms with E-state index in [1.165, 1.54) is 6.07 Å². The molecule has 0 aliphatic carbocycles. The van der Waals surface area contributed by atoms with Gasteiger partial charge in [0.2, 0.25) is 10.0 Å². The number of rotatable bonds is 4. The first-order chi connectivity index (χ1) is 6.45. The number of halogens is 1. The highest BCUT2D eigenvalue weighted by Crippen LogP contribution is 2.25. The highest BCUT2D eigenvalue weighted by molar-refractivity contribution is 7.91. The van der Waals surface area contributed by atoms with E-state index in [0.717, 1.165) is 11.3 Å². The Balaban J connectivity index is 2.86. The van der Waals surface area contributed by atoms with Crippen LogP contribution in [0.25, 0.3) is 0 Å². The number of nitrogens with one attached hydrogen (secondary N) is 1. The van der Waals surface area contributed by atoms with Crippen LogP contribution in [0.4, 0.5) is 0 Å². The van der Waals surface area contributed by atoms with Gasteiger partial charge >= 0.3 is 0 Å². The molecule has 0 unspecified atom stereocenters. The third-order valence-electron chi connectivity index (χ3n) is 1.44. The first-order valence-corrected chi connectivity index (χ1v) is 7.15. The van der Waals surface area contributed by atoms with Gasteiger partial charge in [-0.3, -0.25) is 0 Å². The third kappa shape index (κ3) is 3.13. The molecule has 1 rings (SSSR count). The van der Waals surface area contributed by atoms with Gasteiger partial charge in [-0.25, -0.2) is 13.1 Å². The summed E-state index contributed by atoms with van der Waals surface area (Å²) in [5, 5.41) is 0. The minimum atomic E-state index is -3.42. The summed E-state index contributed by atoms with van der Waals surface area (Å²) in [4.78, 5) is 0. The molecule has 0 aromatic carbocycles. The summed E-state index contributed by atoms with van der Waals surface area (Å²) in [6.45, 7) is 1.75. The Labute approximate surface area is 97.9 Å². The molecule has 80 valence electrons. The second-order valence-electron chi connectivity index (χ2n) is 2.76. The molecule has 0 saturated heterocycles. The van der Waals surface area contributed by atoms with Gasteiger partial charge in [0.05, 0.1) is 4.34 Å². The minimum Gasteiger partial charge on any atom is -0.207 e. The molecule has 1 heterocycles. The fraction of sp³-hybridized carbons (Fsp3) is 0.429. The van der Waals surface area contributed by atoms with Gasteiger partial charge in [0, 0.05) is 11.8 Å². The van der Waals surface area contributed by atoms with Crippen LogP contribution in [0.5, 0.6) is 0 Å². The molecular formula is C7H10ClNO2S3. The molecule has 0 amide bonds. The summed E-state index contributed by atoms with van der Waals surface area (Å²) in [5.41, 5.74) is 0. The van der Waals surface area contributed by atoms with Crippen LogP contribution in [0.2, 0.25) is 4.34 Å². The lowest BCUT2D eigenvalue weighted by Gasteiger charge is -2.09. The van der Waals surface area contributed by atoms with E-state index in [1.807, 2.05) is 0 Å². The van der Waals surface area contributed by atoms with Crippen molar-refractivity contribution in [2.75, 3.05) is 5.75 Å². The third-order valence-corrected chi connectivity index (χ3v) is 5.30. The smallest absolute Gasteiger partial charge is 0.207 e. The maximum atomic E-state index is 11.6. The standard InChI is InChI=1S/C7H10ClNO2S3/c1-5(4-12)9-14(10,11)7-3-2-6(8)13-7/h2-3,5,9,12H,4H2,1H3/t5-/m1/s1. The van der Waals surface area contributed by atoms with E-state index in [0.29, 0.717) is 10.1 Å². The molecule has 1 N–H and O–H groups in total. The van der Waals surface area contributed by atoms with Crippen molar-refractivity contribution in [1.82, 2.24) is 4.72 Å². The van der Waals surface area contributed by atoms with E-state index in [-0.39, 0.29) is 10.3 Å². The zero-order valence-electron chi connectivity index (χ0n) is 7.40. The monoisotopic (exact) mass is 271 g/mol.